The van der Waals surface area contributed by atoms with Crippen molar-refractivity contribution in [1.29, 1.82) is 0 Å². The molecule has 3 heterocycles. The lowest BCUT2D eigenvalue weighted by Crippen LogP contribution is -2.53. The van der Waals surface area contributed by atoms with Crippen LogP contribution in [0.3, 0.4) is 0 Å². The molecule has 5 rings (SSSR count). The molecule has 0 saturated heterocycles. The van der Waals surface area contributed by atoms with Crippen LogP contribution in [0.1, 0.15) is 48.9 Å². The summed E-state index contributed by atoms with van der Waals surface area (Å²) in [4.78, 5) is 44.8. The summed E-state index contributed by atoms with van der Waals surface area (Å²) < 4.78 is 11.7. The number of benzene rings is 2. The second-order valence-corrected chi connectivity index (χ2v) is 8.64. The Labute approximate surface area is 191 Å². The van der Waals surface area contributed by atoms with Crippen LogP contribution in [0.5, 0.6) is 0 Å². The molecule has 2 aliphatic heterocycles. The number of para-hydroxylation sites is 2. The van der Waals surface area contributed by atoms with Crippen molar-refractivity contribution in [2.75, 3.05) is 24.6 Å². The number of amides is 2. The molecule has 0 radical (unpaired) electrons. The Hall–Kier alpha value is -3.45. The molecule has 0 N–H and O–H groups in total. The fraction of sp³-hybridized carbons (Fsp3) is 0.346. The van der Waals surface area contributed by atoms with E-state index in [2.05, 4.69) is 0 Å². The lowest BCUT2D eigenvalue weighted by atomic mass is 9.84. The summed E-state index contributed by atoms with van der Waals surface area (Å²) in [6.45, 7) is 6.89. The van der Waals surface area contributed by atoms with Gasteiger partial charge in [-0.3, -0.25) is 14.4 Å². The molecule has 1 aromatic heterocycles. The van der Waals surface area contributed by atoms with Crippen molar-refractivity contribution in [3.05, 3.63) is 75.6 Å². The van der Waals surface area contributed by atoms with Crippen LogP contribution in [0.15, 0.2) is 57.7 Å². The summed E-state index contributed by atoms with van der Waals surface area (Å²) in [7, 11) is 0. The molecule has 0 unspecified atom stereocenters. The quantitative estimate of drug-likeness (QED) is 0.540. The Bertz CT molecular complexity index is 1330. The van der Waals surface area contributed by atoms with Crippen LogP contribution in [-0.4, -0.2) is 42.5 Å². The zero-order chi connectivity index (χ0) is 23.3. The number of carbonyl (C=O) groups is 2. The molecule has 1 atom stereocenters. The Morgan fingerprint density at radius 3 is 2.52 bits per heavy atom. The van der Waals surface area contributed by atoms with Crippen LogP contribution < -0.4 is 10.3 Å². The van der Waals surface area contributed by atoms with E-state index in [9.17, 15) is 14.4 Å². The van der Waals surface area contributed by atoms with Crippen molar-refractivity contribution in [3.63, 3.8) is 0 Å². The number of hydrogen-bond donors (Lipinski definition) is 0. The predicted molar refractivity (Wildman–Crippen MR) is 124 cm³/mol. The third-order valence-corrected chi connectivity index (χ3v) is 6.44. The highest BCUT2D eigenvalue weighted by Crippen LogP contribution is 2.52. The van der Waals surface area contributed by atoms with Crippen molar-refractivity contribution in [1.82, 2.24) is 4.90 Å². The molecular formula is C26H26N2O5. The second-order valence-electron chi connectivity index (χ2n) is 8.64. The Morgan fingerprint density at radius 1 is 1.03 bits per heavy atom. The monoisotopic (exact) mass is 446 g/mol. The summed E-state index contributed by atoms with van der Waals surface area (Å²) in [6.07, 6.45) is 0.581. The molecule has 170 valence electrons. The van der Waals surface area contributed by atoms with Gasteiger partial charge in [-0.25, -0.2) is 0 Å². The third kappa shape index (κ3) is 2.88. The van der Waals surface area contributed by atoms with Crippen LogP contribution in [0.2, 0.25) is 0 Å². The third-order valence-electron chi connectivity index (χ3n) is 6.44. The van der Waals surface area contributed by atoms with Crippen molar-refractivity contribution >= 4 is 28.5 Å². The molecule has 2 aliphatic rings. The van der Waals surface area contributed by atoms with Gasteiger partial charge >= 0.3 is 0 Å². The van der Waals surface area contributed by atoms with Crippen molar-refractivity contribution in [2.24, 2.45) is 0 Å². The van der Waals surface area contributed by atoms with Crippen LogP contribution in [0.4, 0.5) is 5.69 Å². The minimum Gasteiger partial charge on any atom is -0.450 e. The van der Waals surface area contributed by atoms with Crippen molar-refractivity contribution < 1.29 is 18.7 Å². The summed E-state index contributed by atoms with van der Waals surface area (Å²) in [6, 6.07) is 14.2. The highest BCUT2D eigenvalue weighted by molar-refractivity contribution is 6.17. The Balaban J connectivity index is 1.77. The van der Waals surface area contributed by atoms with E-state index in [-0.39, 0.29) is 35.3 Å². The molecule has 0 saturated carbocycles. The van der Waals surface area contributed by atoms with E-state index in [1.807, 2.05) is 45.0 Å². The maximum atomic E-state index is 14.1. The number of rotatable bonds is 6. The van der Waals surface area contributed by atoms with Crippen molar-refractivity contribution in [3.8, 4) is 0 Å². The van der Waals surface area contributed by atoms with Gasteiger partial charge in [0.2, 0.25) is 5.76 Å². The summed E-state index contributed by atoms with van der Waals surface area (Å²) in [5, 5.41) is 0.355. The van der Waals surface area contributed by atoms with E-state index in [1.54, 1.807) is 29.2 Å². The summed E-state index contributed by atoms with van der Waals surface area (Å²) in [5.74, 6) is -0.797. The van der Waals surface area contributed by atoms with E-state index in [0.29, 0.717) is 41.8 Å². The Kier molecular flexibility index (Phi) is 5.09. The van der Waals surface area contributed by atoms with Crippen LogP contribution >= 0.6 is 0 Å². The van der Waals surface area contributed by atoms with Gasteiger partial charge in [0, 0.05) is 25.3 Å². The normalized spacial score (nSPS) is 19.3. The number of fused-ring (bicyclic) bond motifs is 5. The number of carbonyl (C=O) groups excluding carboxylic acids is 2. The zero-order valence-corrected chi connectivity index (χ0v) is 19.0. The molecule has 1 spiro atoms. The van der Waals surface area contributed by atoms with Crippen LogP contribution in [0, 0.1) is 0 Å². The van der Waals surface area contributed by atoms with Gasteiger partial charge in [-0.1, -0.05) is 30.3 Å². The average molecular weight is 447 g/mol. The largest absolute Gasteiger partial charge is 0.450 e. The number of likely N-dealkylation sites (N-methyl/N-ethyl adjacent to an activating group) is 1. The van der Waals surface area contributed by atoms with Gasteiger partial charge in [-0.2, -0.15) is 0 Å². The van der Waals surface area contributed by atoms with Gasteiger partial charge in [-0.15, -0.1) is 0 Å². The van der Waals surface area contributed by atoms with E-state index < -0.39 is 11.4 Å². The van der Waals surface area contributed by atoms with Gasteiger partial charge in [0.05, 0.1) is 22.7 Å². The fourth-order valence-corrected chi connectivity index (χ4v) is 5.09. The topological polar surface area (TPSA) is 80.1 Å². The number of ether oxygens (including phenoxy) is 1. The Morgan fingerprint density at radius 2 is 1.76 bits per heavy atom. The molecule has 3 aromatic rings. The van der Waals surface area contributed by atoms with Gasteiger partial charge in [0.15, 0.2) is 11.0 Å². The molecule has 2 aromatic carbocycles. The van der Waals surface area contributed by atoms with Gasteiger partial charge in [-0.05, 0) is 45.4 Å². The predicted octanol–water partition coefficient (Wildman–Crippen LogP) is 3.67. The molecule has 7 heteroatoms. The molecule has 2 amide bonds. The molecule has 0 fully saturated rings. The number of hydrogen-bond acceptors (Lipinski definition) is 5. The summed E-state index contributed by atoms with van der Waals surface area (Å²) >= 11 is 0. The van der Waals surface area contributed by atoms with E-state index >= 15 is 0 Å². The number of anilines is 1. The summed E-state index contributed by atoms with van der Waals surface area (Å²) in [5.41, 5.74) is -0.0908. The minimum atomic E-state index is -1.54. The smallest absolute Gasteiger partial charge is 0.291 e. The highest BCUT2D eigenvalue weighted by atomic mass is 16.5. The highest BCUT2D eigenvalue weighted by Gasteiger charge is 2.64. The molecule has 33 heavy (non-hydrogen) atoms. The van der Waals surface area contributed by atoms with Gasteiger partial charge in [0.1, 0.15) is 5.58 Å². The van der Waals surface area contributed by atoms with Crippen LogP contribution in [-0.2, 0) is 15.1 Å². The molecule has 7 nitrogen and oxygen atoms in total. The maximum absolute atomic E-state index is 14.1. The first kappa shape index (κ1) is 21.4. The first-order chi connectivity index (χ1) is 15.9. The SMILES string of the molecule is CCN1C(=O)[C@]2(c3ccccc31)c1c(oc3ccccc3c1=O)C(=O)N2CCCOC(C)C. The van der Waals surface area contributed by atoms with E-state index in [4.69, 9.17) is 9.15 Å². The lowest BCUT2D eigenvalue weighted by molar-refractivity contribution is -0.126. The van der Waals surface area contributed by atoms with Crippen LogP contribution in [0.25, 0.3) is 11.0 Å². The molecule has 0 bridgehead atoms. The molecule has 0 aliphatic carbocycles. The zero-order valence-electron chi connectivity index (χ0n) is 19.0. The second kappa shape index (κ2) is 7.85. The average Bonchev–Trinajstić information content (AvgIpc) is 3.21. The minimum absolute atomic E-state index is 0.0513. The maximum Gasteiger partial charge on any atom is 0.291 e. The first-order valence-electron chi connectivity index (χ1n) is 11.3. The van der Waals surface area contributed by atoms with Gasteiger partial charge in [0.25, 0.3) is 11.8 Å². The van der Waals surface area contributed by atoms with E-state index in [0.717, 1.165) is 0 Å². The number of nitrogens with zero attached hydrogens (tertiary/aromatic N) is 2. The lowest BCUT2D eigenvalue weighted by Gasteiger charge is -2.34. The van der Waals surface area contributed by atoms with Crippen molar-refractivity contribution in [2.45, 2.75) is 38.8 Å². The standard InChI is InChI=1S/C26H26N2O5/c1-4-27-19-12-7-6-11-18(19)26(25(27)31)21-22(29)17-10-5-8-13-20(17)33-23(21)24(30)28(26)14-9-15-32-16(2)3/h5-8,10-13,16H,4,9,14-15H2,1-3H3/t26-/m0/s1. The first-order valence-corrected chi connectivity index (χ1v) is 11.3. The fourth-order valence-electron chi connectivity index (χ4n) is 5.09. The van der Waals surface area contributed by atoms with E-state index in [1.165, 1.54) is 4.90 Å². The molecular weight excluding hydrogens is 420 g/mol. The van der Waals surface area contributed by atoms with Gasteiger partial charge < -0.3 is 19.0 Å².